The molecule has 170 valence electrons. The van der Waals surface area contributed by atoms with Crippen LogP contribution in [0.3, 0.4) is 0 Å². The van der Waals surface area contributed by atoms with Gasteiger partial charge in [0.25, 0.3) is 20.0 Å². The molecule has 0 saturated carbocycles. The number of hydrogen-bond donors (Lipinski definition) is 1. The van der Waals surface area contributed by atoms with Gasteiger partial charge in [0.1, 0.15) is 4.21 Å². The molecule has 3 aromatic rings. The van der Waals surface area contributed by atoms with Gasteiger partial charge in [0.05, 0.1) is 19.1 Å². The Morgan fingerprint density at radius 2 is 1.72 bits per heavy atom. The Bertz CT molecular complexity index is 1340. The maximum atomic E-state index is 12.9. The number of sulfonamides is 2. The summed E-state index contributed by atoms with van der Waals surface area (Å²) in [6.45, 7) is 0.561. The molecule has 8 nitrogen and oxygen atoms in total. The van der Waals surface area contributed by atoms with E-state index < -0.39 is 20.0 Å². The van der Waals surface area contributed by atoms with Gasteiger partial charge in [0.2, 0.25) is 0 Å². The van der Waals surface area contributed by atoms with Crippen molar-refractivity contribution in [3.8, 4) is 11.5 Å². The van der Waals surface area contributed by atoms with E-state index in [1.165, 1.54) is 48.1 Å². The molecule has 2 heterocycles. The topological polar surface area (TPSA) is 102 Å². The third kappa shape index (κ3) is 4.33. The summed E-state index contributed by atoms with van der Waals surface area (Å²) < 4.78 is 66.2. The number of thiophene rings is 1. The molecule has 0 fully saturated rings. The number of hydrogen-bond acceptors (Lipinski definition) is 7. The van der Waals surface area contributed by atoms with Crippen molar-refractivity contribution in [2.24, 2.45) is 0 Å². The first kappa shape index (κ1) is 22.6. The summed E-state index contributed by atoms with van der Waals surface area (Å²) in [4.78, 5) is 0.0229. The van der Waals surface area contributed by atoms with Crippen molar-refractivity contribution < 1.29 is 26.3 Å². The van der Waals surface area contributed by atoms with Crippen LogP contribution in [-0.2, 0) is 33.0 Å². The molecule has 0 atom stereocenters. The molecule has 0 bridgehead atoms. The number of rotatable bonds is 7. The van der Waals surface area contributed by atoms with Crippen molar-refractivity contribution >= 4 is 37.1 Å². The Hall–Kier alpha value is -2.60. The molecule has 0 amide bonds. The van der Waals surface area contributed by atoms with Crippen molar-refractivity contribution in [2.45, 2.75) is 22.1 Å². The third-order valence-electron chi connectivity index (χ3n) is 5.19. The Balaban J connectivity index is 1.58. The second-order valence-corrected chi connectivity index (χ2v) is 11.9. The summed E-state index contributed by atoms with van der Waals surface area (Å²) in [7, 11) is -4.57. The lowest BCUT2D eigenvalue weighted by Crippen LogP contribution is -2.35. The fourth-order valence-electron chi connectivity index (χ4n) is 3.54. The molecule has 0 radical (unpaired) electrons. The van der Waals surface area contributed by atoms with E-state index in [1.807, 2.05) is 6.07 Å². The van der Waals surface area contributed by atoms with Crippen molar-refractivity contribution in [1.29, 1.82) is 0 Å². The van der Waals surface area contributed by atoms with Crippen LogP contribution in [0.4, 0.5) is 5.69 Å². The smallest absolute Gasteiger partial charge is 0.262 e. The van der Waals surface area contributed by atoms with Gasteiger partial charge in [0.15, 0.2) is 11.5 Å². The van der Waals surface area contributed by atoms with E-state index in [1.54, 1.807) is 29.6 Å². The highest BCUT2D eigenvalue weighted by molar-refractivity contribution is 7.92. The first-order chi connectivity index (χ1) is 15.2. The third-order valence-corrected chi connectivity index (χ3v) is 9.79. The van der Waals surface area contributed by atoms with Crippen LogP contribution in [0.5, 0.6) is 11.5 Å². The van der Waals surface area contributed by atoms with E-state index in [4.69, 9.17) is 9.47 Å². The van der Waals surface area contributed by atoms with Crippen molar-refractivity contribution in [3.05, 3.63) is 65.0 Å². The van der Waals surface area contributed by atoms with Crippen molar-refractivity contribution in [1.82, 2.24) is 4.31 Å². The van der Waals surface area contributed by atoms with Crippen LogP contribution in [0.15, 0.2) is 63.0 Å². The molecule has 1 aliphatic rings. The number of nitrogens with zero attached hydrogens (tertiary/aromatic N) is 1. The minimum absolute atomic E-state index is 0.0229. The molecule has 0 spiro atoms. The van der Waals surface area contributed by atoms with E-state index in [0.717, 1.165) is 11.1 Å². The zero-order chi connectivity index (χ0) is 22.9. The molecule has 0 saturated heterocycles. The van der Waals surface area contributed by atoms with Gasteiger partial charge in [0, 0.05) is 24.8 Å². The molecule has 1 aliphatic heterocycles. The molecular formula is C21H22N2O6S3. The van der Waals surface area contributed by atoms with Gasteiger partial charge >= 0.3 is 0 Å². The second kappa shape index (κ2) is 8.74. The highest BCUT2D eigenvalue weighted by atomic mass is 32.2. The summed E-state index contributed by atoms with van der Waals surface area (Å²) in [6, 6.07) is 12.8. The predicted octanol–water partition coefficient (Wildman–Crippen LogP) is 3.31. The molecule has 4 rings (SSSR count). The van der Waals surface area contributed by atoms with Gasteiger partial charge in [-0.3, -0.25) is 4.72 Å². The molecule has 2 aromatic carbocycles. The molecule has 11 heteroatoms. The summed E-state index contributed by atoms with van der Waals surface area (Å²) in [5.74, 6) is 0.725. The van der Waals surface area contributed by atoms with Crippen LogP contribution in [0.2, 0.25) is 0 Å². The number of fused-ring (bicyclic) bond motifs is 1. The van der Waals surface area contributed by atoms with Crippen LogP contribution < -0.4 is 14.2 Å². The van der Waals surface area contributed by atoms with Gasteiger partial charge in [-0.1, -0.05) is 12.1 Å². The quantitative estimate of drug-likeness (QED) is 0.541. The number of benzene rings is 2. The van der Waals surface area contributed by atoms with Gasteiger partial charge in [-0.05, 0) is 53.3 Å². The highest BCUT2D eigenvalue weighted by Gasteiger charge is 2.29. The number of methoxy groups -OCH3 is 2. The second-order valence-electron chi connectivity index (χ2n) is 7.13. The zero-order valence-corrected chi connectivity index (χ0v) is 19.9. The largest absolute Gasteiger partial charge is 0.493 e. The van der Waals surface area contributed by atoms with E-state index >= 15 is 0 Å². The van der Waals surface area contributed by atoms with Gasteiger partial charge in [-0.15, -0.1) is 11.3 Å². The molecular weight excluding hydrogens is 472 g/mol. The standard InChI is InChI=1S/C21H22N2O6S3/c1-28-19-8-7-18(13-20(19)29-2)31(24,25)22-17-6-5-15-9-10-23(14-16(15)12-17)32(26,27)21-4-3-11-30-21/h3-8,11-13,22H,9-10,14H2,1-2H3. The summed E-state index contributed by atoms with van der Waals surface area (Å²) in [5.41, 5.74) is 2.12. The van der Waals surface area contributed by atoms with Crippen molar-refractivity contribution in [2.75, 3.05) is 25.5 Å². The fraction of sp³-hybridized carbons (Fsp3) is 0.238. The maximum Gasteiger partial charge on any atom is 0.262 e. The minimum atomic E-state index is -3.89. The molecule has 0 aliphatic carbocycles. The number of ether oxygens (including phenoxy) is 2. The first-order valence-corrected chi connectivity index (χ1v) is 13.5. The van der Waals surface area contributed by atoms with Crippen LogP contribution in [-0.4, -0.2) is 41.9 Å². The average molecular weight is 495 g/mol. The van der Waals surface area contributed by atoms with Crippen LogP contribution >= 0.6 is 11.3 Å². The summed E-state index contributed by atoms with van der Waals surface area (Å²) >= 11 is 1.18. The SMILES string of the molecule is COc1ccc(S(=O)(=O)Nc2ccc3c(c2)CN(S(=O)(=O)c2cccs2)CC3)cc1OC. The Kier molecular flexibility index (Phi) is 6.17. The molecule has 0 unspecified atom stereocenters. The lowest BCUT2D eigenvalue weighted by atomic mass is 10.0. The van der Waals surface area contributed by atoms with Gasteiger partial charge < -0.3 is 9.47 Å². The zero-order valence-electron chi connectivity index (χ0n) is 17.4. The fourth-order valence-corrected chi connectivity index (χ4v) is 7.16. The maximum absolute atomic E-state index is 12.9. The monoisotopic (exact) mass is 494 g/mol. The van der Waals surface area contributed by atoms with E-state index in [0.29, 0.717) is 34.4 Å². The van der Waals surface area contributed by atoms with Crippen LogP contribution in [0.25, 0.3) is 0 Å². The van der Waals surface area contributed by atoms with Crippen LogP contribution in [0, 0.1) is 0 Å². The van der Waals surface area contributed by atoms with Gasteiger partial charge in [-0.25, -0.2) is 16.8 Å². The van der Waals surface area contributed by atoms with E-state index in [-0.39, 0.29) is 11.4 Å². The minimum Gasteiger partial charge on any atom is -0.493 e. The lowest BCUT2D eigenvalue weighted by molar-refractivity contribution is 0.354. The number of anilines is 1. The molecule has 32 heavy (non-hydrogen) atoms. The lowest BCUT2D eigenvalue weighted by Gasteiger charge is -2.28. The summed E-state index contributed by atoms with van der Waals surface area (Å²) in [5, 5.41) is 1.73. The first-order valence-electron chi connectivity index (χ1n) is 9.65. The van der Waals surface area contributed by atoms with Gasteiger partial charge in [-0.2, -0.15) is 4.31 Å². The average Bonchev–Trinajstić information content (AvgIpc) is 3.33. The Morgan fingerprint density at radius 3 is 2.41 bits per heavy atom. The number of nitrogens with one attached hydrogen (secondary N) is 1. The van der Waals surface area contributed by atoms with Crippen LogP contribution in [0.1, 0.15) is 11.1 Å². The van der Waals surface area contributed by atoms with E-state index in [2.05, 4.69) is 4.72 Å². The summed E-state index contributed by atoms with van der Waals surface area (Å²) in [6.07, 6.45) is 0.558. The molecule has 1 N–H and O–H groups in total. The Labute approximate surface area is 191 Å². The normalized spacial score (nSPS) is 14.6. The van der Waals surface area contributed by atoms with Crippen molar-refractivity contribution in [3.63, 3.8) is 0 Å². The Morgan fingerprint density at radius 1 is 0.938 bits per heavy atom. The highest BCUT2D eigenvalue weighted by Crippen LogP contribution is 2.32. The van der Waals surface area contributed by atoms with E-state index in [9.17, 15) is 16.8 Å². The molecule has 1 aromatic heterocycles. The predicted molar refractivity (Wildman–Crippen MR) is 122 cm³/mol.